The first-order chi connectivity index (χ1) is 8.05. The van der Waals surface area contributed by atoms with Crippen molar-refractivity contribution < 1.29 is 5.11 Å². The van der Waals surface area contributed by atoms with Crippen LogP contribution in [0.15, 0.2) is 36.7 Å². The highest BCUT2D eigenvalue weighted by molar-refractivity contribution is 5.36. The fourth-order valence-corrected chi connectivity index (χ4v) is 1.83. The Hall–Kier alpha value is -2.12. The number of aryl methyl sites for hydroxylation is 1. The maximum atomic E-state index is 10.5. The van der Waals surface area contributed by atoms with Crippen LogP contribution < -0.4 is 0 Å². The molecule has 1 aromatic heterocycles. The van der Waals surface area contributed by atoms with E-state index in [-0.39, 0.29) is 0 Å². The fourth-order valence-electron chi connectivity index (χ4n) is 1.83. The lowest BCUT2D eigenvalue weighted by atomic mass is 9.94. The summed E-state index contributed by atoms with van der Waals surface area (Å²) in [6, 6.07) is 8.91. The molecule has 0 bridgehead atoms. The Morgan fingerprint density at radius 2 is 2.00 bits per heavy atom. The van der Waals surface area contributed by atoms with Crippen molar-refractivity contribution in [2.45, 2.75) is 12.5 Å². The van der Waals surface area contributed by atoms with Crippen LogP contribution in [0.3, 0.4) is 0 Å². The van der Waals surface area contributed by atoms with Crippen molar-refractivity contribution in [3.05, 3.63) is 53.6 Å². The molecule has 4 heteroatoms. The molecule has 1 atom stereocenters. The third-order valence-electron chi connectivity index (χ3n) is 2.83. The topological polar surface area (TPSA) is 61.8 Å². The summed E-state index contributed by atoms with van der Waals surface area (Å²) in [5, 5.41) is 19.3. The maximum Gasteiger partial charge on any atom is 0.144 e. The van der Waals surface area contributed by atoms with Crippen molar-refractivity contribution in [1.82, 2.24) is 9.55 Å². The molecule has 0 aliphatic carbocycles. The number of nitriles is 1. The van der Waals surface area contributed by atoms with E-state index < -0.39 is 5.60 Å². The molecule has 0 amide bonds. The van der Waals surface area contributed by atoms with Gasteiger partial charge in [0, 0.05) is 19.4 Å². The molecule has 86 valence electrons. The van der Waals surface area contributed by atoms with Gasteiger partial charge in [-0.3, -0.25) is 0 Å². The zero-order valence-electron chi connectivity index (χ0n) is 9.75. The Morgan fingerprint density at radius 3 is 2.47 bits per heavy atom. The Kier molecular flexibility index (Phi) is 2.70. The molecule has 0 saturated carbocycles. The van der Waals surface area contributed by atoms with E-state index in [1.54, 1.807) is 48.1 Å². The average molecular weight is 227 g/mol. The Balaban J connectivity index is 2.45. The summed E-state index contributed by atoms with van der Waals surface area (Å²) < 4.78 is 1.78. The van der Waals surface area contributed by atoms with Gasteiger partial charge in [0.2, 0.25) is 0 Å². The van der Waals surface area contributed by atoms with Gasteiger partial charge in [-0.15, -0.1) is 0 Å². The normalized spacial score (nSPS) is 14.0. The number of hydrogen-bond donors (Lipinski definition) is 1. The number of benzene rings is 1. The van der Waals surface area contributed by atoms with Crippen molar-refractivity contribution >= 4 is 0 Å². The van der Waals surface area contributed by atoms with Crippen LogP contribution in [-0.2, 0) is 12.6 Å². The van der Waals surface area contributed by atoms with E-state index in [2.05, 4.69) is 4.98 Å². The van der Waals surface area contributed by atoms with Gasteiger partial charge in [0.1, 0.15) is 11.4 Å². The lowest BCUT2D eigenvalue weighted by molar-refractivity contribution is 0.0892. The van der Waals surface area contributed by atoms with Crippen molar-refractivity contribution in [3.8, 4) is 6.07 Å². The molecule has 1 unspecified atom stereocenters. The minimum Gasteiger partial charge on any atom is -0.377 e. The van der Waals surface area contributed by atoms with Gasteiger partial charge in [-0.1, -0.05) is 12.1 Å². The standard InChI is InChI=1S/C13H13N3O/c1-13(17,12-15-7-8-16(12)2)11-5-3-10(9-14)4-6-11/h3-8,17H,1-2H3. The second-order valence-electron chi connectivity index (χ2n) is 4.12. The lowest BCUT2D eigenvalue weighted by Crippen LogP contribution is -2.26. The second kappa shape index (κ2) is 4.04. The summed E-state index contributed by atoms with van der Waals surface area (Å²) in [7, 11) is 1.83. The van der Waals surface area contributed by atoms with Crippen molar-refractivity contribution in [2.75, 3.05) is 0 Å². The van der Waals surface area contributed by atoms with Gasteiger partial charge in [0.25, 0.3) is 0 Å². The van der Waals surface area contributed by atoms with E-state index in [1.807, 2.05) is 13.1 Å². The van der Waals surface area contributed by atoms with Crippen molar-refractivity contribution in [2.24, 2.45) is 7.05 Å². The molecule has 2 rings (SSSR count). The smallest absolute Gasteiger partial charge is 0.144 e. The van der Waals surface area contributed by atoms with E-state index in [4.69, 9.17) is 5.26 Å². The number of aliphatic hydroxyl groups is 1. The van der Waals surface area contributed by atoms with E-state index in [0.29, 0.717) is 17.0 Å². The predicted octanol–water partition coefficient (Wildman–Crippen LogP) is 1.55. The van der Waals surface area contributed by atoms with Crippen LogP contribution in [0, 0.1) is 11.3 Å². The molecule has 1 aromatic carbocycles. The predicted molar refractivity (Wildman–Crippen MR) is 63.0 cm³/mol. The number of rotatable bonds is 2. The van der Waals surface area contributed by atoms with Gasteiger partial charge < -0.3 is 9.67 Å². The molecular formula is C13H13N3O. The Labute approximate surface area is 99.8 Å². The van der Waals surface area contributed by atoms with Crippen LogP contribution in [0.5, 0.6) is 0 Å². The first-order valence-corrected chi connectivity index (χ1v) is 5.26. The number of imidazole rings is 1. The quantitative estimate of drug-likeness (QED) is 0.846. The monoisotopic (exact) mass is 227 g/mol. The van der Waals surface area contributed by atoms with E-state index in [1.165, 1.54) is 0 Å². The van der Waals surface area contributed by atoms with Crippen LogP contribution in [0.25, 0.3) is 0 Å². The van der Waals surface area contributed by atoms with Gasteiger partial charge in [-0.25, -0.2) is 4.98 Å². The first kappa shape index (κ1) is 11.4. The molecule has 0 spiro atoms. The maximum absolute atomic E-state index is 10.5. The van der Waals surface area contributed by atoms with Crippen molar-refractivity contribution in [1.29, 1.82) is 5.26 Å². The highest BCUT2D eigenvalue weighted by Crippen LogP contribution is 2.27. The highest BCUT2D eigenvalue weighted by atomic mass is 16.3. The van der Waals surface area contributed by atoms with Crippen LogP contribution in [0.1, 0.15) is 23.9 Å². The molecule has 1 N–H and O–H groups in total. The summed E-state index contributed by atoms with van der Waals surface area (Å²) >= 11 is 0. The molecule has 0 fully saturated rings. The van der Waals surface area contributed by atoms with Gasteiger partial charge in [-0.2, -0.15) is 5.26 Å². The zero-order valence-corrected chi connectivity index (χ0v) is 9.75. The summed E-state index contributed by atoms with van der Waals surface area (Å²) in [4.78, 5) is 4.15. The van der Waals surface area contributed by atoms with E-state index in [0.717, 1.165) is 0 Å². The average Bonchev–Trinajstić information content (AvgIpc) is 2.76. The van der Waals surface area contributed by atoms with Crippen LogP contribution in [0.2, 0.25) is 0 Å². The van der Waals surface area contributed by atoms with Crippen LogP contribution in [-0.4, -0.2) is 14.7 Å². The largest absolute Gasteiger partial charge is 0.377 e. The van der Waals surface area contributed by atoms with E-state index >= 15 is 0 Å². The van der Waals surface area contributed by atoms with Gasteiger partial charge in [0.05, 0.1) is 11.6 Å². The van der Waals surface area contributed by atoms with Crippen molar-refractivity contribution in [3.63, 3.8) is 0 Å². The second-order valence-corrected chi connectivity index (χ2v) is 4.12. The van der Waals surface area contributed by atoms with Gasteiger partial charge >= 0.3 is 0 Å². The molecule has 4 nitrogen and oxygen atoms in total. The molecule has 1 heterocycles. The SMILES string of the molecule is Cn1ccnc1C(C)(O)c1ccc(C#N)cc1. The lowest BCUT2D eigenvalue weighted by Gasteiger charge is -2.23. The summed E-state index contributed by atoms with van der Waals surface area (Å²) in [5.74, 6) is 0.571. The summed E-state index contributed by atoms with van der Waals surface area (Å²) in [6.45, 7) is 1.69. The van der Waals surface area contributed by atoms with Crippen LogP contribution >= 0.6 is 0 Å². The summed E-state index contributed by atoms with van der Waals surface area (Å²) in [6.07, 6.45) is 3.43. The Bertz CT molecular complexity index is 561. The Morgan fingerprint density at radius 1 is 1.35 bits per heavy atom. The fraction of sp³-hybridized carbons (Fsp3) is 0.231. The third-order valence-corrected chi connectivity index (χ3v) is 2.83. The van der Waals surface area contributed by atoms with E-state index in [9.17, 15) is 5.11 Å². The number of nitrogens with zero attached hydrogens (tertiary/aromatic N) is 3. The third kappa shape index (κ3) is 1.93. The molecule has 0 radical (unpaired) electrons. The molecule has 17 heavy (non-hydrogen) atoms. The molecular weight excluding hydrogens is 214 g/mol. The van der Waals surface area contributed by atoms with Gasteiger partial charge in [0.15, 0.2) is 0 Å². The molecule has 2 aromatic rings. The minimum atomic E-state index is -1.16. The highest BCUT2D eigenvalue weighted by Gasteiger charge is 2.29. The zero-order chi connectivity index (χ0) is 12.5. The minimum absolute atomic E-state index is 0.571. The van der Waals surface area contributed by atoms with Crippen LogP contribution in [0.4, 0.5) is 0 Å². The van der Waals surface area contributed by atoms with Gasteiger partial charge in [-0.05, 0) is 24.6 Å². The molecule has 0 saturated heterocycles. The number of hydrogen-bond acceptors (Lipinski definition) is 3. The number of aromatic nitrogens is 2. The first-order valence-electron chi connectivity index (χ1n) is 5.26. The summed E-state index contributed by atoms with van der Waals surface area (Å²) in [5.41, 5.74) is 0.127. The molecule has 0 aliphatic rings. The molecule has 0 aliphatic heterocycles.